The van der Waals surface area contributed by atoms with Crippen molar-refractivity contribution in [3.63, 3.8) is 0 Å². The van der Waals surface area contributed by atoms with Crippen molar-refractivity contribution >= 4 is 49.7 Å². The Balaban J connectivity index is 0.00000140. The Kier molecular flexibility index (Phi) is 7.34. The molecule has 0 unspecified atom stereocenters. The van der Waals surface area contributed by atoms with Crippen LogP contribution in [0, 0.1) is 0 Å². The summed E-state index contributed by atoms with van der Waals surface area (Å²) in [6, 6.07) is 11.6. The lowest BCUT2D eigenvalue weighted by atomic mass is 9.93. The summed E-state index contributed by atoms with van der Waals surface area (Å²) in [4.78, 5) is 23.8. The Morgan fingerprint density at radius 1 is 1.11 bits per heavy atom. The lowest BCUT2D eigenvalue weighted by Crippen LogP contribution is -2.28. The van der Waals surface area contributed by atoms with Crippen LogP contribution >= 0.6 is 27.0 Å². The molecular weight excluding hydrogens is 394 g/mol. The van der Waals surface area contributed by atoms with Crippen LogP contribution in [0.4, 0.5) is 5.82 Å². The number of nitrogens with two attached hydrogens (primary N) is 1. The van der Waals surface area contributed by atoms with Gasteiger partial charge in [0.1, 0.15) is 17.2 Å². The Labute approximate surface area is 177 Å². The first-order chi connectivity index (χ1) is 12.6. The van der Waals surface area contributed by atoms with Crippen molar-refractivity contribution in [2.75, 3.05) is 5.32 Å². The highest BCUT2D eigenvalue weighted by molar-refractivity contribution is 7.59. The van der Waals surface area contributed by atoms with Crippen LogP contribution < -0.4 is 11.1 Å². The maximum Gasteiger partial charge on any atom is 0.265 e. The normalized spacial score (nSPS) is 18.8. The molecule has 2 heterocycles. The largest absolute Gasteiger partial charge is 0.393 e. The van der Waals surface area contributed by atoms with Gasteiger partial charge in [0.25, 0.3) is 5.91 Å². The molecule has 3 aromatic rings. The van der Waals surface area contributed by atoms with Crippen LogP contribution in [0.5, 0.6) is 0 Å². The number of primary amides is 1. The molecule has 1 aliphatic carbocycles. The topological polar surface area (TPSA) is 117 Å². The van der Waals surface area contributed by atoms with Crippen molar-refractivity contribution in [3.8, 4) is 11.4 Å². The van der Waals surface area contributed by atoms with E-state index in [1.807, 2.05) is 30.3 Å². The first-order valence-electron chi connectivity index (χ1n) is 8.81. The van der Waals surface area contributed by atoms with Gasteiger partial charge in [-0.3, -0.25) is 4.79 Å². The van der Waals surface area contributed by atoms with Crippen LogP contribution in [0.25, 0.3) is 22.4 Å². The average Bonchev–Trinajstić information content (AvgIpc) is 3.09. The van der Waals surface area contributed by atoms with Gasteiger partial charge in [-0.1, -0.05) is 30.3 Å². The number of carbonyl (C=O) groups is 1. The number of aliphatic hydroxyl groups excluding tert-OH is 1. The molecule has 7 nitrogen and oxygen atoms in total. The molecule has 0 spiro atoms. The third kappa shape index (κ3) is 4.60. The van der Waals surface area contributed by atoms with Gasteiger partial charge in [0.15, 0.2) is 5.82 Å². The number of hydrogen-bond acceptors (Lipinski definition) is 5. The van der Waals surface area contributed by atoms with Crippen LogP contribution in [0.1, 0.15) is 36.2 Å². The van der Waals surface area contributed by atoms with Crippen LogP contribution in [0.3, 0.4) is 0 Å². The maximum absolute atomic E-state index is 11.6. The van der Waals surface area contributed by atoms with E-state index >= 15 is 0 Å². The Hall–Kier alpha value is -2.23. The number of fused-ring (bicyclic) bond motifs is 1. The smallest absolute Gasteiger partial charge is 0.265 e. The number of carbonyl (C=O) groups excluding carboxylic acids is 1. The van der Waals surface area contributed by atoms with E-state index in [2.05, 4.69) is 15.3 Å². The second kappa shape index (κ2) is 9.31. The number of anilines is 1. The van der Waals surface area contributed by atoms with Gasteiger partial charge < -0.3 is 21.1 Å². The zero-order valence-corrected chi connectivity index (χ0v) is 17.3. The first-order valence-corrected chi connectivity index (χ1v) is 8.81. The minimum atomic E-state index is -0.531. The van der Waals surface area contributed by atoms with Crippen molar-refractivity contribution in [1.29, 1.82) is 0 Å². The van der Waals surface area contributed by atoms with Crippen molar-refractivity contribution < 1.29 is 9.90 Å². The van der Waals surface area contributed by atoms with Crippen molar-refractivity contribution in [2.45, 2.75) is 37.8 Å². The molecule has 4 rings (SSSR count). The summed E-state index contributed by atoms with van der Waals surface area (Å²) in [5, 5.41) is 13.9. The lowest BCUT2D eigenvalue weighted by Gasteiger charge is -2.26. The first kappa shape index (κ1) is 22.1. The Morgan fingerprint density at radius 3 is 2.43 bits per heavy atom. The number of rotatable bonds is 4. The summed E-state index contributed by atoms with van der Waals surface area (Å²) in [6.07, 6.45) is 3.09. The maximum atomic E-state index is 11.6. The standard InChI is InChI=1S/C19H21N5O2.2H2S/c20-16(26)15-10-14-18(21-12-6-8-13(25)9-7-12)23-17(24-19(14)22-15)11-4-2-1-3-5-11;;/h1-5,10,12-13,25H,6-9H2,(H2,20,26)(H2,21,22,23,24);2*1H2. The van der Waals surface area contributed by atoms with E-state index in [0.717, 1.165) is 36.6 Å². The molecule has 0 radical (unpaired) electrons. The molecule has 0 aliphatic heterocycles. The number of aliphatic hydroxyl groups is 1. The Morgan fingerprint density at radius 2 is 1.79 bits per heavy atom. The SMILES string of the molecule is NC(=O)c1cc2c(NC3CCC(O)CC3)nc(-c3ccccc3)nc2[nH]1.S.S. The van der Waals surface area contributed by atoms with E-state index in [0.29, 0.717) is 23.0 Å². The average molecular weight is 420 g/mol. The van der Waals surface area contributed by atoms with Crippen LogP contribution in [-0.2, 0) is 0 Å². The second-order valence-electron chi connectivity index (χ2n) is 6.72. The highest BCUT2D eigenvalue weighted by atomic mass is 32.1. The number of H-pyrrole nitrogens is 1. The summed E-state index contributed by atoms with van der Waals surface area (Å²) < 4.78 is 0. The predicted octanol–water partition coefficient (Wildman–Crippen LogP) is 2.66. The van der Waals surface area contributed by atoms with E-state index in [9.17, 15) is 9.90 Å². The third-order valence-corrected chi connectivity index (χ3v) is 4.82. The highest BCUT2D eigenvalue weighted by Gasteiger charge is 2.22. The molecule has 150 valence electrons. The Bertz CT molecular complexity index is 940. The van der Waals surface area contributed by atoms with Crippen molar-refractivity contribution in [3.05, 3.63) is 42.1 Å². The molecule has 0 bridgehead atoms. The molecule has 5 N–H and O–H groups in total. The predicted molar refractivity (Wildman–Crippen MR) is 120 cm³/mol. The molecule has 28 heavy (non-hydrogen) atoms. The third-order valence-electron chi connectivity index (χ3n) is 4.82. The number of hydrogen-bond donors (Lipinski definition) is 4. The number of aromatic nitrogens is 3. The van der Waals surface area contributed by atoms with Crippen LogP contribution in [-0.4, -0.2) is 38.1 Å². The van der Waals surface area contributed by atoms with Crippen molar-refractivity contribution in [2.24, 2.45) is 5.73 Å². The van der Waals surface area contributed by atoms with Gasteiger partial charge in [0.05, 0.1) is 11.5 Å². The molecule has 0 saturated heterocycles. The fraction of sp³-hybridized carbons (Fsp3) is 0.316. The number of amides is 1. The molecule has 1 fully saturated rings. The van der Waals surface area contributed by atoms with Gasteiger partial charge in [-0.15, -0.1) is 0 Å². The molecule has 9 heteroatoms. The minimum Gasteiger partial charge on any atom is -0.393 e. The summed E-state index contributed by atoms with van der Waals surface area (Å²) in [6.45, 7) is 0. The second-order valence-corrected chi connectivity index (χ2v) is 6.72. The fourth-order valence-corrected chi connectivity index (χ4v) is 3.38. The number of benzene rings is 1. The summed E-state index contributed by atoms with van der Waals surface area (Å²) in [5.41, 5.74) is 7.19. The summed E-state index contributed by atoms with van der Waals surface area (Å²) in [5.74, 6) is 0.726. The fourth-order valence-electron chi connectivity index (χ4n) is 3.38. The quantitative estimate of drug-likeness (QED) is 0.519. The molecule has 1 amide bonds. The van der Waals surface area contributed by atoms with Crippen LogP contribution in [0.15, 0.2) is 36.4 Å². The molecule has 1 aliphatic rings. The van der Waals surface area contributed by atoms with Gasteiger partial charge in [0, 0.05) is 11.6 Å². The monoisotopic (exact) mass is 419 g/mol. The van der Waals surface area contributed by atoms with E-state index < -0.39 is 5.91 Å². The summed E-state index contributed by atoms with van der Waals surface area (Å²) in [7, 11) is 0. The zero-order valence-electron chi connectivity index (χ0n) is 15.3. The van der Waals surface area contributed by atoms with Gasteiger partial charge in [-0.25, -0.2) is 9.97 Å². The van der Waals surface area contributed by atoms with Gasteiger partial charge >= 0.3 is 0 Å². The molecular formula is C19H25N5O2S2. The minimum absolute atomic E-state index is 0. The number of nitrogens with one attached hydrogen (secondary N) is 2. The number of nitrogens with zero attached hydrogens (tertiary/aromatic N) is 2. The van der Waals surface area contributed by atoms with E-state index in [-0.39, 0.29) is 39.1 Å². The van der Waals surface area contributed by atoms with Gasteiger partial charge in [0.2, 0.25) is 0 Å². The van der Waals surface area contributed by atoms with E-state index in [4.69, 9.17) is 10.7 Å². The molecule has 1 saturated carbocycles. The number of aromatic amines is 1. The van der Waals surface area contributed by atoms with Gasteiger partial charge in [-0.2, -0.15) is 27.0 Å². The molecule has 1 aromatic carbocycles. The highest BCUT2D eigenvalue weighted by Crippen LogP contribution is 2.28. The summed E-state index contributed by atoms with van der Waals surface area (Å²) >= 11 is 0. The molecule has 0 atom stereocenters. The lowest BCUT2D eigenvalue weighted by molar-refractivity contribution is 0.0996. The molecule has 2 aromatic heterocycles. The van der Waals surface area contributed by atoms with Crippen LogP contribution in [0.2, 0.25) is 0 Å². The van der Waals surface area contributed by atoms with Gasteiger partial charge in [-0.05, 0) is 31.7 Å². The van der Waals surface area contributed by atoms with E-state index in [1.165, 1.54) is 0 Å². The van der Waals surface area contributed by atoms with Crippen molar-refractivity contribution in [1.82, 2.24) is 15.0 Å². The van der Waals surface area contributed by atoms with E-state index in [1.54, 1.807) is 6.07 Å². The zero-order chi connectivity index (χ0) is 18.1.